The minimum atomic E-state index is -0.524. The Morgan fingerprint density at radius 1 is 1.10 bits per heavy atom. The number of rotatable bonds is 6. The van der Waals surface area contributed by atoms with Crippen LogP contribution in [0.1, 0.15) is 17.4 Å². The first-order chi connectivity index (χ1) is 14.6. The number of aliphatic hydroxyl groups excluding tert-OH is 1. The number of nitrogens with one attached hydrogen (secondary N) is 1. The smallest absolute Gasteiger partial charge is 0.274 e. The van der Waals surface area contributed by atoms with Crippen molar-refractivity contribution >= 4 is 11.6 Å². The standard InChI is InChI=1S/C22H20N6O2/c1-15(29)13-28-14-25-27-21(28)17-3-2-4-19(11-17)26-22(30)20-6-5-18(12-24-20)16-7-9-23-10-8-16/h2-12,14-15,29H,13H2,1H3,(H,26,30). The highest BCUT2D eigenvalue weighted by Crippen LogP contribution is 2.22. The van der Waals surface area contributed by atoms with Crippen LogP contribution in [-0.4, -0.2) is 41.9 Å². The van der Waals surface area contributed by atoms with E-state index >= 15 is 0 Å². The second kappa shape index (κ2) is 8.62. The zero-order valence-electron chi connectivity index (χ0n) is 16.3. The van der Waals surface area contributed by atoms with Crippen LogP contribution in [-0.2, 0) is 6.54 Å². The van der Waals surface area contributed by atoms with Gasteiger partial charge in [-0.3, -0.25) is 14.8 Å². The zero-order chi connectivity index (χ0) is 20.9. The lowest BCUT2D eigenvalue weighted by Crippen LogP contribution is -2.14. The maximum absolute atomic E-state index is 12.6. The fourth-order valence-electron chi connectivity index (χ4n) is 3.07. The molecular weight excluding hydrogens is 380 g/mol. The Kier molecular flexibility index (Phi) is 5.58. The molecule has 0 saturated carbocycles. The highest BCUT2D eigenvalue weighted by Gasteiger charge is 2.12. The molecule has 8 heteroatoms. The molecule has 0 saturated heterocycles. The molecule has 3 aromatic heterocycles. The zero-order valence-corrected chi connectivity index (χ0v) is 16.3. The third-order valence-electron chi connectivity index (χ3n) is 4.46. The van der Waals surface area contributed by atoms with Crippen molar-refractivity contribution in [2.24, 2.45) is 0 Å². The molecule has 0 fully saturated rings. The monoisotopic (exact) mass is 400 g/mol. The Morgan fingerprint density at radius 3 is 2.67 bits per heavy atom. The van der Waals surface area contributed by atoms with E-state index in [1.807, 2.05) is 36.4 Å². The second-order valence-corrected chi connectivity index (χ2v) is 6.86. The molecule has 8 nitrogen and oxygen atoms in total. The number of nitrogens with zero attached hydrogens (tertiary/aromatic N) is 5. The summed E-state index contributed by atoms with van der Waals surface area (Å²) in [6.45, 7) is 2.08. The van der Waals surface area contributed by atoms with E-state index in [9.17, 15) is 9.90 Å². The number of anilines is 1. The third kappa shape index (κ3) is 4.39. The van der Waals surface area contributed by atoms with E-state index in [1.165, 1.54) is 0 Å². The van der Waals surface area contributed by atoms with Crippen LogP contribution in [0.5, 0.6) is 0 Å². The number of benzene rings is 1. The van der Waals surface area contributed by atoms with E-state index in [1.54, 1.807) is 48.5 Å². The lowest BCUT2D eigenvalue weighted by atomic mass is 10.1. The Bertz CT molecular complexity index is 1140. The Hall–Kier alpha value is -3.91. The SMILES string of the molecule is CC(O)Cn1cnnc1-c1cccc(NC(=O)c2ccc(-c3ccncc3)cn2)c1. The number of aliphatic hydroxyl groups is 1. The number of pyridine rings is 2. The second-order valence-electron chi connectivity index (χ2n) is 6.86. The van der Waals surface area contributed by atoms with Crippen molar-refractivity contribution in [1.29, 1.82) is 0 Å². The van der Waals surface area contributed by atoms with E-state index < -0.39 is 6.10 Å². The first-order valence-electron chi connectivity index (χ1n) is 9.44. The summed E-state index contributed by atoms with van der Waals surface area (Å²) in [5.41, 5.74) is 3.61. The van der Waals surface area contributed by atoms with Crippen molar-refractivity contribution in [3.8, 4) is 22.5 Å². The average molecular weight is 400 g/mol. The molecule has 4 rings (SSSR count). The number of carbonyl (C=O) groups excluding carboxylic acids is 1. The molecule has 0 aliphatic rings. The minimum Gasteiger partial charge on any atom is -0.392 e. The first-order valence-corrected chi connectivity index (χ1v) is 9.44. The van der Waals surface area contributed by atoms with E-state index in [-0.39, 0.29) is 5.91 Å². The van der Waals surface area contributed by atoms with Crippen molar-refractivity contribution in [2.45, 2.75) is 19.6 Å². The van der Waals surface area contributed by atoms with Crippen LogP contribution >= 0.6 is 0 Å². The van der Waals surface area contributed by atoms with Gasteiger partial charge in [-0.25, -0.2) is 0 Å². The molecule has 0 aliphatic carbocycles. The lowest BCUT2D eigenvalue weighted by Gasteiger charge is -2.10. The molecule has 0 bridgehead atoms. The maximum atomic E-state index is 12.6. The molecule has 2 N–H and O–H groups in total. The van der Waals surface area contributed by atoms with Crippen LogP contribution in [0.3, 0.4) is 0 Å². The van der Waals surface area contributed by atoms with Crippen LogP contribution in [0.25, 0.3) is 22.5 Å². The number of carbonyl (C=O) groups is 1. The van der Waals surface area contributed by atoms with E-state index in [0.717, 1.165) is 16.7 Å². The fraction of sp³-hybridized carbons (Fsp3) is 0.136. The lowest BCUT2D eigenvalue weighted by molar-refractivity contribution is 0.102. The largest absolute Gasteiger partial charge is 0.392 e. The van der Waals surface area contributed by atoms with Crippen LogP contribution in [0.2, 0.25) is 0 Å². The number of hydrogen-bond acceptors (Lipinski definition) is 6. The predicted octanol–water partition coefficient (Wildman–Crippen LogP) is 3.04. The molecule has 1 atom stereocenters. The van der Waals surface area contributed by atoms with Crippen LogP contribution in [0.4, 0.5) is 5.69 Å². The Labute approximate surface area is 173 Å². The van der Waals surface area contributed by atoms with Gasteiger partial charge in [-0.05, 0) is 42.8 Å². The molecule has 1 amide bonds. The van der Waals surface area contributed by atoms with E-state index in [4.69, 9.17) is 0 Å². The van der Waals surface area contributed by atoms with Crippen LogP contribution in [0, 0.1) is 0 Å². The summed E-state index contributed by atoms with van der Waals surface area (Å²) in [6, 6.07) is 14.6. The van der Waals surface area contributed by atoms with Crippen molar-refractivity contribution in [3.05, 3.63) is 79.1 Å². The van der Waals surface area contributed by atoms with Gasteiger partial charge in [0.15, 0.2) is 5.82 Å². The number of amides is 1. The summed E-state index contributed by atoms with van der Waals surface area (Å²) in [5.74, 6) is 0.311. The summed E-state index contributed by atoms with van der Waals surface area (Å²) in [5, 5.41) is 20.6. The van der Waals surface area contributed by atoms with Gasteiger partial charge in [0.2, 0.25) is 0 Å². The van der Waals surface area contributed by atoms with Gasteiger partial charge < -0.3 is 15.0 Å². The van der Waals surface area contributed by atoms with Crippen LogP contribution < -0.4 is 5.32 Å². The van der Waals surface area contributed by atoms with Gasteiger partial charge in [0, 0.05) is 35.4 Å². The van der Waals surface area contributed by atoms with Gasteiger partial charge in [-0.1, -0.05) is 18.2 Å². The number of aromatic nitrogens is 5. The molecule has 0 spiro atoms. The summed E-state index contributed by atoms with van der Waals surface area (Å²) >= 11 is 0. The molecule has 4 aromatic rings. The van der Waals surface area contributed by atoms with Gasteiger partial charge in [0.1, 0.15) is 12.0 Å². The summed E-state index contributed by atoms with van der Waals surface area (Å²) < 4.78 is 1.77. The Balaban J connectivity index is 1.50. The van der Waals surface area contributed by atoms with Gasteiger partial charge in [-0.15, -0.1) is 10.2 Å². The Morgan fingerprint density at radius 2 is 1.93 bits per heavy atom. The average Bonchev–Trinajstić information content (AvgIpc) is 3.22. The van der Waals surface area contributed by atoms with Crippen molar-refractivity contribution in [2.75, 3.05) is 5.32 Å². The van der Waals surface area contributed by atoms with Crippen molar-refractivity contribution < 1.29 is 9.90 Å². The van der Waals surface area contributed by atoms with Gasteiger partial charge >= 0.3 is 0 Å². The van der Waals surface area contributed by atoms with Crippen LogP contribution in [0.15, 0.2) is 73.4 Å². The summed E-state index contributed by atoms with van der Waals surface area (Å²) in [6.07, 6.45) is 6.14. The van der Waals surface area contributed by atoms with E-state index in [2.05, 4.69) is 25.5 Å². The van der Waals surface area contributed by atoms with Gasteiger partial charge in [-0.2, -0.15) is 0 Å². The fourth-order valence-corrected chi connectivity index (χ4v) is 3.07. The predicted molar refractivity (Wildman–Crippen MR) is 113 cm³/mol. The molecule has 150 valence electrons. The molecular formula is C22H20N6O2. The molecule has 0 aliphatic heterocycles. The highest BCUT2D eigenvalue weighted by atomic mass is 16.3. The quantitative estimate of drug-likeness (QED) is 0.515. The molecule has 1 aromatic carbocycles. The minimum absolute atomic E-state index is 0.307. The number of hydrogen-bond donors (Lipinski definition) is 2. The summed E-state index contributed by atoms with van der Waals surface area (Å²) in [4.78, 5) is 20.9. The van der Waals surface area contributed by atoms with E-state index in [0.29, 0.717) is 23.8 Å². The van der Waals surface area contributed by atoms with Gasteiger partial charge in [0.05, 0.1) is 12.6 Å². The van der Waals surface area contributed by atoms with Crippen molar-refractivity contribution in [3.63, 3.8) is 0 Å². The first kappa shape index (κ1) is 19.4. The molecule has 30 heavy (non-hydrogen) atoms. The maximum Gasteiger partial charge on any atom is 0.274 e. The molecule has 0 radical (unpaired) electrons. The summed E-state index contributed by atoms with van der Waals surface area (Å²) in [7, 11) is 0. The normalized spacial score (nSPS) is 11.8. The highest BCUT2D eigenvalue weighted by molar-refractivity contribution is 6.03. The molecule has 3 heterocycles. The van der Waals surface area contributed by atoms with Gasteiger partial charge in [0.25, 0.3) is 5.91 Å². The third-order valence-corrected chi connectivity index (χ3v) is 4.46. The topological polar surface area (TPSA) is 106 Å². The molecule has 1 unspecified atom stereocenters. The van der Waals surface area contributed by atoms with Crippen molar-refractivity contribution in [1.82, 2.24) is 24.7 Å².